The Hall–Kier alpha value is -1.92. The molecule has 7 heteroatoms. The molecule has 0 aliphatic carbocycles. The number of H-pyrrole nitrogens is 1. The largest absolute Gasteiger partial charge is 0.360 e. The van der Waals surface area contributed by atoms with Crippen molar-refractivity contribution in [3.8, 4) is 0 Å². The normalized spacial score (nSPS) is 18.0. The van der Waals surface area contributed by atoms with Crippen molar-refractivity contribution in [3.05, 3.63) is 56.2 Å². The van der Waals surface area contributed by atoms with Crippen LogP contribution in [0.15, 0.2) is 23.0 Å². The van der Waals surface area contributed by atoms with E-state index in [1.807, 2.05) is 11.8 Å². The molecule has 1 fully saturated rings. The average Bonchev–Trinajstić information content (AvgIpc) is 2.55. The van der Waals surface area contributed by atoms with Crippen LogP contribution in [0.4, 0.5) is 10.1 Å². The average molecular weight is 351 g/mol. The molecule has 1 unspecified atom stereocenters. The number of anilines is 1. The molecule has 1 atom stereocenters. The first-order valence-electron chi connectivity index (χ1n) is 7.94. The number of nitrogens with one attached hydrogen (secondary N) is 2. The van der Waals surface area contributed by atoms with E-state index >= 15 is 0 Å². The van der Waals surface area contributed by atoms with E-state index in [0.29, 0.717) is 29.4 Å². The molecule has 0 saturated carbocycles. The lowest BCUT2D eigenvalue weighted by molar-refractivity contribution is 0.471. The fourth-order valence-electron chi connectivity index (χ4n) is 3.14. The summed E-state index contributed by atoms with van der Waals surface area (Å²) in [7, 11) is 0. The van der Waals surface area contributed by atoms with Gasteiger partial charge in [-0.25, -0.2) is 9.49 Å². The van der Waals surface area contributed by atoms with E-state index < -0.39 is 0 Å². The Balaban J connectivity index is 1.95. The number of piperazine rings is 1. The van der Waals surface area contributed by atoms with Gasteiger partial charge in [-0.1, -0.05) is 17.7 Å². The van der Waals surface area contributed by atoms with Crippen LogP contribution in [0.2, 0.25) is 5.02 Å². The lowest BCUT2D eigenvalue weighted by Gasteiger charge is -2.38. The zero-order chi connectivity index (χ0) is 17.3. The maximum atomic E-state index is 13.3. The van der Waals surface area contributed by atoms with Gasteiger partial charge in [0.25, 0.3) is 5.56 Å². The summed E-state index contributed by atoms with van der Waals surface area (Å²) < 4.78 is 13.3. The number of aromatic nitrogens is 2. The molecular weight excluding hydrogens is 331 g/mol. The summed E-state index contributed by atoms with van der Waals surface area (Å²) in [5.74, 6) is -0.237. The van der Waals surface area contributed by atoms with E-state index in [2.05, 4.69) is 15.5 Å². The summed E-state index contributed by atoms with van der Waals surface area (Å²) in [6.07, 6.45) is 0.705. The molecule has 3 rings (SSSR count). The number of halogens is 2. The van der Waals surface area contributed by atoms with Crippen LogP contribution in [0.25, 0.3) is 0 Å². The zero-order valence-electron chi connectivity index (χ0n) is 13.7. The number of hydrogen-bond acceptors (Lipinski definition) is 4. The van der Waals surface area contributed by atoms with Crippen molar-refractivity contribution in [2.75, 3.05) is 24.5 Å². The number of benzene rings is 1. The summed E-state index contributed by atoms with van der Waals surface area (Å²) >= 11 is 6.36. The minimum absolute atomic E-state index is 0.0586. The number of nitrogens with zero attached hydrogens (tertiary/aromatic N) is 2. The Labute approximate surface area is 144 Å². The number of aromatic amines is 1. The first-order chi connectivity index (χ1) is 11.5. The van der Waals surface area contributed by atoms with Crippen LogP contribution < -0.4 is 15.8 Å². The van der Waals surface area contributed by atoms with Gasteiger partial charge in [-0.3, -0.25) is 4.79 Å². The van der Waals surface area contributed by atoms with E-state index in [1.54, 1.807) is 13.0 Å². The number of rotatable bonds is 3. The molecule has 0 spiro atoms. The van der Waals surface area contributed by atoms with Crippen molar-refractivity contribution in [2.45, 2.75) is 26.3 Å². The highest BCUT2D eigenvalue weighted by atomic mass is 35.5. The number of aryl methyl sites for hydroxylation is 2. The monoisotopic (exact) mass is 350 g/mol. The zero-order valence-corrected chi connectivity index (χ0v) is 14.5. The molecule has 1 saturated heterocycles. The standard InChI is InChI=1S/C17H20ClFN4O/c1-10-7-13(19)4-3-12(10)8-14-9-20-5-6-23(14)16-15(18)11(2)21-22-17(16)24/h3-4,7,14,20H,5-6,8-9H2,1-2H3,(H,22,24). The third-order valence-electron chi connectivity index (χ3n) is 4.46. The maximum absolute atomic E-state index is 13.3. The summed E-state index contributed by atoms with van der Waals surface area (Å²) in [6.45, 7) is 5.85. The van der Waals surface area contributed by atoms with Crippen LogP contribution in [-0.4, -0.2) is 35.9 Å². The predicted octanol–water partition coefficient (Wildman–Crippen LogP) is 2.20. The molecule has 1 aliphatic rings. The second-order valence-corrected chi connectivity index (χ2v) is 6.50. The van der Waals surface area contributed by atoms with Crippen LogP contribution in [0.3, 0.4) is 0 Å². The molecule has 0 amide bonds. The smallest absolute Gasteiger partial charge is 0.289 e. The highest BCUT2D eigenvalue weighted by molar-refractivity contribution is 6.33. The SMILES string of the molecule is Cc1cc(F)ccc1CC1CNCCN1c1c(Cl)c(C)n[nH]c1=O. The lowest BCUT2D eigenvalue weighted by Crippen LogP contribution is -2.54. The molecule has 2 N–H and O–H groups in total. The van der Waals surface area contributed by atoms with Gasteiger partial charge in [0, 0.05) is 25.7 Å². The van der Waals surface area contributed by atoms with E-state index in [-0.39, 0.29) is 17.4 Å². The minimum Gasteiger partial charge on any atom is -0.360 e. The third kappa shape index (κ3) is 3.30. The predicted molar refractivity (Wildman–Crippen MR) is 93.4 cm³/mol. The second-order valence-electron chi connectivity index (χ2n) is 6.13. The molecule has 1 aromatic carbocycles. The van der Waals surface area contributed by atoms with Crippen molar-refractivity contribution in [2.24, 2.45) is 0 Å². The van der Waals surface area contributed by atoms with Crippen LogP contribution >= 0.6 is 11.6 Å². The van der Waals surface area contributed by atoms with Gasteiger partial charge in [-0.05, 0) is 43.5 Å². The van der Waals surface area contributed by atoms with Gasteiger partial charge >= 0.3 is 0 Å². The maximum Gasteiger partial charge on any atom is 0.289 e. The molecular formula is C17H20ClFN4O. The third-order valence-corrected chi connectivity index (χ3v) is 4.92. The Morgan fingerprint density at radius 1 is 1.42 bits per heavy atom. The summed E-state index contributed by atoms with van der Waals surface area (Å²) in [4.78, 5) is 14.3. The quantitative estimate of drug-likeness (QED) is 0.891. The summed E-state index contributed by atoms with van der Waals surface area (Å²) in [6, 6.07) is 4.87. The second kappa shape index (κ2) is 6.91. The molecule has 0 bridgehead atoms. The van der Waals surface area contributed by atoms with Gasteiger partial charge in [0.2, 0.25) is 0 Å². The molecule has 2 aromatic rings. The van der Waals surface area contributed by atoms with Crippen molar-refractivity contribution in [1.29, 1.82) is 0 Å². The van der Waals surface area contributed by atoms with Crippen LogP contribution in [-0.2, 0) is 6.42 Å². The minimum atomic E-state index is -0.284. The van der Waals surface area contributed by atoms with Gasteiger partial charge in [0.05, 0.1) is 10.7 Å². The Bertz CT molecular complexity index is 808. The lowest BCUT2D eigenvalue weighted by atomic mass is 9.98. The summed E-state index contributed by atoms with van der Waals surface area (Å²) in [5, 5.41) is 10.2. The van der Waals surface area contributed by atoms with Crippen molar-refractivity contribution >= 4 is 17.3 Å². The first kappa shape index (κ1) is 16.9. The fraction of sp³-hybridized carbons (Fsp3) is 0.412. The molecule has 5 nitrogen and oxygen atoms in total. The Morgan fingerprint density at radius 2 is 2.21 bits per heavy atom. The molecule has 2 heterocycles. The Kier molecular flexibility index (Phi) is 4.87. The molecule has 24 heavy (non-hydrogen) atoms. The molecule has 1 aromatic heterocycles. The van der Waals surface area contributed by atoms with Crippen LogP contribution in [0.5, 0.6) is 0 Å². The van der Waals surface area contributed by atoms with E-state index in [0.717, 1.165) is 24.2 Å². The molecule has 128 valence electrons. The van der Waals surface area contributed by atoms with Gasteiger partial charge in [0.15, 0.2) is 0 Å². The van der Waals surface area contributed by atoms with E-state index in [4.69, 9.17) is 11.6 Å². The fourth-order valence-corrected chi connectivity index (χ4v) is 3.38. The number of hydrogen-bond donors (Lipinski definition) is 2. The highest BCUT2D eigenvalue weighted by Crippen LogP contribution is 2.27. The van der Waals surface area contributed by atoms with Crippen LogP contribution in [0.1, 0.15) is 16.8 Å². The Morgan fingerprint density at radius 3 is 2.96 bits per heavy atom. The van der Waals surface area contributed by atoms with Crippen LogP contribution in [0, 0.1) is 19.7 Å². The first-order valence-corrected chi connectivity index (χ1v) is 8.32. The van der Waals surface area contributed by atoms with E-state index in [1.165, 1.54) is 12.1 Å². The van der Waals surface area contributed by atoms with Crippen molar-refractivity contribution in [1.82, 2.24) is 15.5 Å². The van der Waals surface area contributed by atoms with Crippen molar-refractivity contribution in [3.63, 3.8) is 0 Å². The molecule has 1 aliphatic heterocycles. The summed E-state index contributed by atoms with van der Waals surface area (Å²) in [5.41, 5.74) is 2.75. The topological polar surface area (TPSA) is 61.0 Å². The highest BCUT2D eigenvalue weighted by Gasteiger charge is 2.27. The molecule has 0 radical (unpaired) electrons. The van der Waals surface area contributed by atoms with Crippen molar-refractivity contribution < 1.29 is 4.39 Å². The van der Waals surface area contributed by atoms with E-state index in [9.17, 15) is 9.18 Å². The van der Waals surface area contributed by atoms with Gasteiger partial charge < -0.3 is 10.2 Å². The van der Waals surface area contributed by atoms with Gasteiger partial charge in [0.1, 0.15) is 11.5 Å². The van der Waals surface area contributed by atoms with Gasteiger partial charge in [-0.2, -0.15) is 5.10 Å². The van der Waals surface area contributed by atoms with Gasteiger partial charge in [-0.15, -0.1) is 0 Å².